The van der Waals surface area contributed by atoms with Crippen LogP contribution in [0.4, 0.5) is 15.3 Å². The number of halogens is 1. The second-order valence-corrected chi connectivity index (χ2v) is 8.79. The Morgan fingerprint density at radius 3 is 2.26 bits per heavy atom. The predicted octanol–water partition coefficient (Wildman–Crippen LogP) is 2.10. The van der Waals surface area contributed by atoms with Crippen molar-refractivity contribution in [2.24, 2.45) is 21.5 Å². The van der Waals surface area contributed by atoms with Crippen molar-refractivity contribution in [2.75, 3.05) is 10.2 Å². The lowest BCUT2D eigenvalue weighted by Crippen LogP contribution is -2.54. The Labute approximate surface area is 179 Å². The Morgan fingerprint density at radius 2 is 1.71 bits per heavy atom. The summed E-state index contributed by atoms with van der Waals surface area (Å²) in [6.07, 6.45) is 0.698. The van der Waals surface area contributed by atoms with Gasteiger partial charge in [0, 0.05) is 17.8 Å². The van der Waals surface area contributed by atoms with Gasteiger partial charge in [-0.3, -0.25) is 9.69 Å². The average molecular weight is 447 g/mol. The Bertz CT molecular complexity index is 1140. The minimum absolute atomic E-state index is 0.127. The van der Waals surface area contributed by atoms with E-state index in [2.05, 4.69) is 15.3 Å². The van der Waals surface area contributed by atoms with Gasteiger partial charge in [-0.2, -0.15) is 13.4 Å². The number of nitrogens with two attached hydrogens (primary N) is 2. The number of hydrogen-bond acceptors (Lipinski definition) is 8. The molecule has 1 aliphatic heterocycles. The van der Waals surface area contributed by atoms with Gasteiger partial charge in [0.2, 0.25) is 17.8 Å². The normalized spacial score (nSPS) is 15.8. The molecule has 9 nitrogen and oxygen atoms in total. The van der Waals surface area contributed by atoms with Gasteiger partial charge in [0.1, 0.15) is 5.66 Å². The van der Waals surface area contributed by atoms with E-state index in [4.69, 9.17) is 11.5 Å². The molecule has 0 spiro atoms. The molecule has 0 saturated heterocycles. The van der Waals surface area contributed by atoms with Crippen molar-refractivity contribution < 1.29 is 17.1 Å². The zero-order chi connectivity index (χ0) is 22.8. The molecule has 0 aliphatic carbocycles. The predicted molar refractivity (Wildman–Crippen MR) is 118 cm³/mol. The van der Waals surface area contributed by atoms with E-state index in [1.165, 1.54) is 12.1 Å². The number of nitrogens with zero attached hydrogens (tertiary/aromatic N) is 3. The summed E-state index contributed by atoms with van der Waals surface area (Å²) < 4.78 is 34.6. The van der Waals surface area contributed by atoms with E-state index in [0.717, 1.165) is 23.4 Å². The number of amides is 1. The molecule has 1 amide bonds. The SMILES string of the molecule is CC1(C)N=C(N)N=C(N)N1c1ccc(CCC(=O)Nc2ccc(S(=O)(=O)F)cc2)cc1. The Balaban J connectivity index is 1.59. The fourth-order valence-electron chi connectivity index (χ4n) is 3.25. The third-order valence-electron chi connectivity index (χ3n) is 4.65. The fourth-order valence-corrected chi connectivity index (χ4v) is 3.71. The molecule has 164 valence electrons. The third-order valence-corrected chi connectivity index (χ3v) is 5.48. The first-order valence-electron chi connectivity index (χ1n) is 9.39. The van der Waals surface area contributed by atoms with Crippen LogP contribution in [0, 0.1) is 0 Å². The number of nitrogens with one attached hydrogen (secondary N) is 1. The minimum Gasteiger partial charge on any atom is -0.369 e. The molecule has 0 atom stereocenters. The highest BCUT2D eigenvalue weighted by molar-refractivity contribution is 7.86. The van der Waals surface area contributed by atoms with Gasteiger partial charge in [-0.25, -0.2) is 4.99 Å². The average Bonchev–Trinajstić information content (AvgIpc) is 2.65. The lowest BCUT2D eigenvalue weighted by molar-refractivity contribution is -0.116. The molecule has 0 unspecified atom stereocenters. The number of carbonyl (C=O) groups is 1. The lowest BCUT2D eigenvalue weighted by atomic mass is 10.1. The van der Waals surface area contributed by atoms with Crippen molar-refractivity contribution in [1.29, 1.82) is 0 Å². The highest BCUT2D eigenvalue weighted by Crippen LogP contribution is 2.27. The van der Waals surface area contributed by atoms with Gasteiger partial charge in [-0.05, 0) is 62.2 Å². The molecule has 31 heavy (non-hydrogen) atoms. The zero-order valence-electron chi connectivity index (χ0n) is 17.0. The lowest BCUT2D eigenvalue weighted by Gasteiger charge is -2.38. The standard InChI is InChI=1S/C20H23FN6O3S/c1-20(2)26-18(22)25-19(23)27(20)15-8-3-13(4-9-15)5-12-17(28)24-14-6-10-16(11-7-14)31(21,29)30/h3-4,6-11H,5,12H2,1-2H3,(H,24,28)(H4,22,23,25,26). The van der Waals surface area contributed by atoms with E-state index in [9.17, 15) is 17.1 Å². The summed E-state index contributed by atoms with van der Waals surface area (Å²) in [5, 5.41) is 2.65. The van der Waals surface area contributed by atoms with Gasteiger partial charge in [0.05, 0.1) is 4.90 Å². The number of anilines is 2. The third kappa shape index (κ3) is 5.37. The summed E-state index contributed by atoms with van der Waals surface area (Å²) in [6.45, 7) is 3.74. The summed E-state index contributed by atoms with van der Waals surface area (Å²) in [6, 6.07) is 12.4. The van der Waals surface area contributed by atoms with Gasteiger partial charge >= 0.3 is 10.2 Å². The maximum Gasteiger partial charge on any atom is 0.332 e. The molecule has 1 aliphatic rings. The highest BCUT2D eigenvalue weighted by atomic mass is 32.3. The van der Waals surface area contributed by atoms with Crippen LogP contribution >= 0.6 is 0 Å². The number of hydrogen-bond donors (Lipinski definition) is 3. The van der Waals surface area contributed by atoms with Gasteiger partial charge in [0.15, 0.2) is 0 Å². The maximum absolute atomic E-state index is 12.9. The van der Waals surface area contributed by atoms with Gasteiger partial charge in [0.25, 0.3) is 0 Å². The molecule has 0 fully saturated rings. The number of carbonyl (C=O) groups excluding carboxylic acids is 1. The van der Waals surface area contributed by atoms with Crippen molar-refractivity contribution in [2.45, 2.75) is 37.2 Å². The Hall–Kier alpha value is -3.47. The summed E-state index contributed by atoms with van der Waals surface area (Å²) in [5.74, 6) is 0.122. The molecule has 0 aromatic heterocycles. The van der Waals surface area contributed by atoms with Gasteiger partial charge in [-0.15, -0.1) is 3.89 Å². The molecule has 5 N–H and O–H groups in total. The quantitative estimate of drug-likeness (QED) is 0.580. The number of rotatable bonds is 6. The van der Waals surface area contributed by atoms with Crippen LogP contribution in [0.2, 0.25) is 0 Å². The van der Waals surface area contributed by atoms with Crippen molar-refractivity contribution in [1.82, 2.24) is 0 Å². The van der Waals surface area contributed by atoms with Crippen molar-refractivity contribution in [3.63, 3.8) is 0 Å². The van der Waals surface area contributed by atoms with E-state index < -0.39 is 20.8 Å². The van der Waals surface area contributed by atoms with Crippen LogP contribution in [0.25, 0.3) is 0 Å². The molecule has 2 aromatic rings. The number of aliphatic imine (C=N–C) groups is 2. The summed E-state index contributed by atoms with van der Waals surface area (Å²) in [5.41, 5.74) is 13.1. The first-order valence-corrected chi connectivity index (χ1v) is 10.8. The van der Waals surface area contributed by atoms with E-state index in [1.807, 2.05) is 38.1 Å². The van der Waals surface area contributed by atoms with Crippen LogP contribution in [0.5, 0.6) is 0 Å². The summed E-state index contributed by atoms with van der Waals surface area (Å²) in [7, 11) is -4.76. The largest absolute Gasteiger partial charge is 0.369 e. The zero-order valence-corrected chi connectivity index (χ0v) is 17.9. The van der Waals surface area contributed by atoms with E-state index in [0.29, 0.717) is 12.1 Å². The van der Waals surface area contributed by atoms with Crippen LogP contribution in [0.15, 0.2) is 63.4 Å². The molecule has 11 heteroatoms. The van der Waals surface area contributed by atoms with Crippen molar-refractivity contribution in [3.8, 4) is 0 Å². The molecule has 2 aromatic carbocycles. The topological polar surface area (TPSA) is 143 Å². The number of benzene rings is 2. The minimum atomic E-state index is -4.76. The molecule has 3 rings (SSSR count). The van der Waals surface area contributed by atoms with Crippen molar-refractivity contribution in [3.05, 3.63) is 54.1 Å². The second-order valence-electron chi connectivity index (χ2n) is 7.45. The van der Waals surface area contributed by atoms with Crippen LogP contribution in [-0.2, 0) is 21.4 Å². The van der Waals surface area contributed by atoms with E-state index >= 15 is 0 Å². The summed E-state index contributed by atoms with van der Waals surface area (Å²) in [4.78, 5) is 21.8. The molecule has 0 bridgehead atoms. The molecule has 0 radical (unpaired) electrons. The molecular formula is C20H23FN6O3S. The Kier molecular flexibility index (Phi) is 5.98. The van der Waals surface area contributed by atoms with E-state index in [1.54, 1.807) is 4.90 Å². The fraction of sp³-hybridized carbons (Fsp3) is 0.250. The smallest absolute Gasteiger partial charge is 0.332 e. The second kappa shape index (κ2) is 8.34. The van der Waals surface area contributed by atoms with E-state index in [-0.39, 0.29) is 24.2 Å². The number of guanidine groups is 2. The van der Waals surface area contributed by atoms with Crippen LogP contribution in [0.1, 0.15) is 25.8 Å². The van der Waals surface area contributed by atoms with Gasteiger partial charge < -0.3 is 16.8 Å². The first kappa shape index (κ1) is 22.2. The van der Waals surface area contributed by atoms with Crippen LogP contribution in [0.3, 0.4) is 0 Å². The van der Waals surface area contributed by atoms with Crippen LogP contribution in [-0.4, -0.2) is 31.9 Å². The molecule has 1 heterocycles. The molecular weight excluding hydrogens is 423 g/mol. The molecule has 0 saturated carbocycles. The van der Waals surface area contributed by atoms with Crippen molar-refractivity contribution >= 4 is 39.4 Å². The van der Waals surface area contributed by atoms with Crippen LogP contribution < -0.4 is 21.7 Å². The first-order chi connectivity index (χ1) is 14.5. The summed E-state index contributed by atoms with van der Waals surface area (Å²) >= 11 is 0. The monoisotopic (exact) mass is 446 g/mol. The number of aryl methyl sites for hydroxylation is 1. The van der Waals surface area contributed by atoms with Gasteiger partial charge in [-0.1, -0.05) is 12.1 Å². The maximum atomic E-state index is 12.9. The highest BCUT2D eigenvalue weighted by Gasteiger charge is 2.32. The Morgan fingerprint density at radius 1 is 1.10 bits per heavy atom.